The van der Waals surface area contributed by atoms with Gasteiger partial charge in [-0.1, -0.05) is 13.8 Å². The minimum absolute atomic E-state index is 0. The quantitative estimate of drug-likeness (QED) is 0.450. The zero-order valence-corrected chi connectivity index (χ0v) is 13.7. The van der Waals surface area contributed by atoms with E-state index in [2.05, 4.69) is 0 Å². The fraction of sp³-hybridized carbons (Fsp3) is 0.800. The van der Waals surface area contributed by atoms with Crippen molar-refractivity contribution in [2.24, 2.45) is 5.92 Å². The number of carboxylic acids is 1. The van der Waals surface area contributed by atoms with E-state index in [4.69, 9.17) is 0 Å². The van der Waals surface area contributed by atoms with E-state index in [1.54, 1.807) is 0 Å². The summed E-state index contributed by atoms with van der Waals surface area (Å²) in [6.45, 7) is 2.81. The van der Waals surface area contributed by atoms with Gasteiger partial charge in [0.2, 0.25) is 0 Å². The second-order valence-electron chi connectivity index (χ2n) is 4.62. The summed E-state index contributed by atoms with van der Waals surface area (Å²) in [5.74, 6) is -18.4. The molecule has 0 heterocycles. The minimum Gasteiger partial charge on any atom is -0.548 e. The fourth-order valence-corrected chi connectivity index (χ4v) is 1.25. The molecule has 0 saturated carbocycles. The summed E-state index contributed by atoms with van der Waals surface area (Å²) in [5.41, 5.74) is 0. The third kappa shape index (κ3) is 5.27. The van der Waals surface area contributed by atoms with Crippen LogP contribution in [0.5, 0.6) is 0 Å². The normalized spacial score (nSPS) is 14.3. The fourth-order valence-electron chi connectivity index (χ4n) is 1.25. The number of hydrogen-bond acceptors (Lipinski definition) is 3. The molecule has 0 saturated heterocycles. The molecule has 4 nitrogen and oxygen atoms in total. The van der Waals surface area contributed by atoms with Crippen LogP contribution in [0.2, 0.25) is 0 Å². The van der Waals surface area contributed by atoms with Crippen LogP contribution < -0.4 is 40.0 Å². The third-order valence-electron chi connectivity index (χ3n) is 2.33. The maximum Gasteiger partial charge on any atom is 1.00 e. The maximum absolute atomic E-state index is 13.0. The van der Waals surface area contributed by atoms with E-state index in [1.807, 2.05) is 0 Å². The number of hydrogen-bond donors (Lipinski definition) is 1. The van der Waals surface area contributed by atoms with Gasteiger partial charge in [-0.15, -0.1) is 0 Å². The number of carbonyl (C=O) groups excluding carboxylic acids is 2. The van der Waals surface area contributed by atoms with Gasteiger partial charge in [-0.3, -0.25) is 4.79 Å². The van der Waals surface area contributed by atoms with Gasteiger partial charge < -0.3 is 15.2 Å². The number of carbonyl (C=O) groups is 2. The predicted molar refractivity (Wildman–Crippen MR) is 52.3 cm³/mol. The molecule has 0 radical (unpaired) electrons. The van der Waals surface area contributed by atoms with E-state index in [0.29, 0.717) is 0 Å². The van der Waals surface area contributed by atoms with Gasteiger partial charge in [0.1, 0.15) is 0 Å². The molecule has 0 aliphatic rings. The van der Waals surface area contributed by atoms with Crippen molar-refractivity contribution in [1.29, 1.82) is 0 Å². The van der Waals surface area contributed by atoms with Gasteiger partial charge in [0.05, 0.1) is 12.0 Å². The standard InChI is InChI=1S/C10H12F7NO3.Na/c1-4(2)3-5(6(19)20)18-7(21)8(11,12)9(13,14)10(15,16)17;/h4-5H,3H2,1-2H3,(H,18,21)(H,19,20);/q;+1/p-1. The van der Waals surface area contributed by atoms with Crippen LogP contribution in [0.3, 0.4) is 0 Å². The van der Waals surface area contributed by atoms with Crippen LogP contribution in [0.25, 0.3) is 0 Å². The number of nitrogens with one attached hydrogen (secondary N) is 1. The molecule has 1 unspecified atom stereocenters. The number of halogens is 7. The smallest absolute Gasteiger partial charge is 0.548 e. The second kappa shape index (κ2) is 7.82. The summed E-state index contributed by atoms with van der Waals surface area (Å²) in [6, 6.07) is -2.12. The van der Waals surface area contributed by atoms with Crippen LogP contribution >= 0.6 is 0 Å². The minimum atomic E-state index is -6.68. The van der Waals surface area contributed by atoms with Crippen molar-refractivity contribution in [2.45, 2.75) is 44.3 Å². The number of rotatable bonds is 6. The SMILES string of the molecule is CC(C)CC(NC(=O)C(F)(F)C(F)(F)C(F)(F)F)C(=O)[O-].[Na+]. The first-order chi connectivity index (χ1) is 9.14. The van der Waals surface area contributed by atoms with Crippen LogP contribution in [0.4, 0.5) is 30.7 Å². The molecule has 1 amide bonds. The molecule has 0 fully saturated rings. The van der Waals surface area contributed by atoms with Crippen molar-refractivity contribution >= 4 is 11.9 Å². The molecule has 0 aromatic carbocycles. The van der Waals surface area contributed by atoms with Crippen molar-refractivity contribution in [2.75, 3.05) is 0 Å². The molecule has 0 aliphatic heterocycles. The Morgan fingerprint density at radius 1 is 1.05 bits per heavy atom. The summed E-state index contributed by atoms with van der Waals surface area (Å²) in [6.07, 6.45) is -7.16. The molecule has 0 aromatic heterocycles. The van der Waals surface area contributed by atoms with Crippen molar-refractivity contribution in [3.05, 3.63) is 0 Å². The van der Waals surface area contributed by atoms with Gasteiger partial charge >= 0.3 is 47.6 Å². The van der Waals surface area contributed by atoms with Crippen LogP contribution in [-0.4, -0.2) is 35.9 Å². The molecule has 0 rings (SSSR count). The Morgan fingerprint density at radius 2 is 1.45 bits per heavy atom. The molecule has 12 heteroatoms. The molecule has 1 N–H and O–H groups in total. The van der Waals surface area contributed by atoms with E-state index in [0.717, 1.165) is 5.32 Å². The van der Waals surface area contributed by atoms with Crippen LogP contribution in [0.15, 0.2) is 0 Å². The molecule has 0 aromatic rings. The van der Waals surface area contributed by atoms with E-state index in [-0.39, 0.29) is 29.6 Å². The monoisotopic (exact) mass is 349 g/mol. The summed E-state index contributed by atoms with van der Waals surface area (Å²) in [5, 5.41) is 11.5. The Kier molecular flexibility index (Phi) is 8.43. The summed E-state index contributed by atoms with van der Waals surface area (Å²) in [4.78, 5) is 21.5. The number of alkyl halides is 7. The first-order valence-electron chi connectivity index (χ1n) is 5.48. The van der Waals surface area contributed by atoms with Crippen LogP contribution in [-0.2, 0) is 9.59 Å². The largest absolute Gasteiger partial charge is 1.00 e. The Labute approximate surface area is 142 Å². The molecule has 0 bridgehead atoms. The molecule has 124 valence electrons. The van der Waals surface area contributed by atoms with Crippen molar-refractivity contribution in [3.63, 3.8) is 0 Å². The molecule has 0 spiro atoms. The predicted octanol–water partition coefficient (Wildman–Crippen LogP) is -1.90. The first kappa shape index (κ1) is 23.7. The van der Waals surface area contributed by atoms with Gasteiger partial charge in [0, 0.05) is 0 Å². The van der Waals surface area contributed by atoms with Crippen LogP contribution in [0.1, 0.15) is 20.3 Å². The number of amides is 1. The van der Waals surface area contributed by atoms with Crippen molar-refractivity contribution in [3.8, 4) is 0 Å². The topological polar surface area (TPSA) is 69.2 Å². The maximum atomic E-state index is 13.0. The number of aliphatic carboxylic acids is 1. The van der Waals surface area contributed by atoms with Gasteiger partial charge in [-0.25, -0.2) is 0 Å². The number of carboxylic acid groups (broad SMARTS) is 1. The zero-order valence-electron chi connectivity index (χ0n) is 11.7. The van der Waals surface area contributed by atoms with E-state index in [1.165, 1.54) is 13.8 Å². The Balaban J connectivity index is 0. The van der Waals surface area contributed by atoms with Gasteiger partial charge in [0.25, 0.3) is 5.91 Å². The molecule has 0 aliphatic carbocycles. The van der Waals surface area contributed by atoms with E-state index < -0.39 is 48.3 Å². The van der Waals surface area contributed by atoms with Crippen molar-refractivity contribution < 1.29 is 75.0 Å². The Hall–Kier alpha value is -0.550. The molecular weight excluding hydrogens is 338 g/mol. The van der Waals surface area contributed by atoms with Crippen LogP contribution in [0, 0.1) is 5.92 Å². The zero-order chi connectivity index (χ0) is 17.2. The second-order valence-corrected chi connectivity index (χ2v) is 4.62. The summed E-state index contributed by atoms with van der Waals surface area (Å²) < 4.78 is 86.6. The summed E-state index contributed by atoms with van der Waals surface area (Å²) >= 11 is 0. The first-order valence-corrected chi connectivity index (χ1v) is 5.48. The average Bonchev–Trinajstić information content (AvgIpc) is 2.25. The molecule has 22 heavy (non-hydrogen) atoms. The Morgan fingerprint density at radius 3 is 1.73 bits per heavy atom. The third-order valence-corrected chi connectivity index (χ3v) is 2.33. The summed E-state index contributed by atoms with van der Waals surface area (Å²) in [7, 11) is 0. The van der Waals surface area contributed by atoms with Crippen molar-refractivity contribution in [1.82, 2.24) is 5.32 Å². The van der Waals surface area contributed by atoms with E-state index >= 15 is 0 Å². The average molecular weight is 349 g/mol. The van der Waals surface area contributed by atoms with Gasteiger partial charge in [-0.05, 0) is 12.3 Å². The van der Waals surface area contributed by atoms with Gasteiger partial charge in [0.15, 0.2) is 0 Å². The van der Waals surface area contributed by atoms with E-state index in [9.17, 15) is 45.4 Å². The molecule has 1 atom stereocenters. The Bertz CT molecular complexity index is 412. The van der Waals surface area contributed by atoms with Gasteiger partial charge in [-0.2, -0.15) is 30.7 Å². The molecular formula is C10H11F7NNaO3.